The van der Waals surface area contributed by atoms with Crippen LogP contribution in [0.4, 0.5) is 0 Å². The SMILES string of the molecule is C#CC[C@]12CCC(=O)C=C1C=C[C@@H]1[C@@H]2CC[C@]2(C)C(=O)CC[C@@H]12. The second-order valence-corrected chi connectivity index (χ2v) is 8.17. The topological polar surface area (TPSA) is 34.1 Å². The predicted octanol–water partition coefficient (Wildman–Crippen LogP) is 3.87. The van der Waals surface area contributed by atoms with Crippen molar-refractivity contribution in [3.63, 3.8) is 0 Å². The van der Waals surface area contributed by atoms with Crippen LogP contribution in [0.3, 0.4) is 0 Å². The molecule has 23 heavy (non-hydrogen) atoms. The Bertz CT molecular complexity index is 676. The molecule has 0 aromatic heterocycles. The van der Waals surface area contributed by atoms with E-state index in [1.165, 1.54) is 0 Å². The van der Waals surface area contributed by atoms with Crippen LogP contribution in [0.15, 0.2) is 23.8 Å². The lowest BCUT2D eigenvalue weighted by Gasteiger charge is -2.55. The van der Waals surface area contributed by atoms with E-state index in [1.54, 1.807) is 0 Å². The number of allylic oxidation sites excluding steroid dienone is 4. The van der Waals surface area contributed by atoms with Crippen LogP contribution in [-0.2, 0) is 9.59 Å². The number of carbonyl (C=O) groups excluding carboxylic acids is 2. The molecule has 0 saturated heterocycles. The summed E-state index contributed by atoms with van der Waals surface area (Å²) in [6.45, 7) is 2.18. The van der Waals surface area contributed by atoms with Crippen molar-refractivity contribution in [1.29, 1.82) is 0 Å². The van der Waals surface area contributed by atoms with Crippen LogP contribution in [0.5, 0.6) is 0 Å². The van der Waals surface area contributed by atoms with Gasteiger partial charge in [0.2, 0.25) is 0 Å². The summed E-state index contributed by atoms with van der Waals surface area (Å²) >= 11 is 0. The van der Waals surface area contributed by atoms with Crippen LogP contribution in [0.1, 0.15) is 51.9 Å². The lowest BCUT2D eigenvalue weighted by Crippen LogP contribution is -2.50. The highest BCUT2D eigenvalue weighted by Crippen LogP contribution is 2.63. The summed E-state index contributed by atoms with van der Waals surface area (Å²) in [6.07, 6.45) is 18.0. The minimum Gasteiger partial charge on any atom is -0.299 e. The molecule has 120 valence electrons. The average molecular weight is 308 g/mol. The molecule has 0 N–H and O–H groups in total. The van der Waals surface area contributed by atoms with Gasteiger partial charge in [-0.25, -0.2) is 0 Å². The summed E-state index contributed by atoms with van der Waals surface area (Å²) in [5.74, 6) is 4.98. The van der Waals surface area contributed by atoms with Gasteiger partial charge in [0.1, 0.15) is 5.78 Å². The first-order valence-electron chi connectivity index (χ1n) is 8.91. The summed E-state index contributed by atoms with van der Waals surface area (Å²) in [6, 6.07) is 0. The Labute approximate surface area is 138 Å². The van der Waals surface area contributed by atoms with Crippen molar-refractivity contribution < 1.29 is 9.59 Å². The molecule has 0 amide bonds. The van der Waals surface area contributed by atoms with Gasteiger partial charge in [-0.15, -0.1) is 12.3 Å². The number of hydrogen-bond acceptors (Lipinski definition) is 2. The molecular formula is C21H24O2. The van der Waals surface area contributed by atoms with Gasteiger partial charge in [-0.2, -0.15) is 0 Å². The third kappa shape index (κ3) is 1.89. The van der Waals surface area contributed by atoms with Gasteiger partial charge in [-0.3, -0.25) is 9.59 Å². The fourth-order valence-corrected chi connectivity index (χ4v) is 6.09. The van der Waals surface area contributed by atoms with Crippen molar-refractivity contribution in [2.45, 2.75) is 51.9 Å². The smallest absolute Gasteiger partial charge is 0.156 e. The number of terminal acetylenes is 1. The molecule has 4 aliphatic rings. The van der Waals surface area contributed by atoms with Crippen LogP contribution in [-0.4, -0.2) is 11.6 Å². The molecule has 4 aliphatic carbocycles. The van der Waals surface area contributed by atoms with Crippen LogP contribution in [0, 0.1) is 40.9 Å². The molecule has 2 saturated carbocycles. The maximum atomic E-state index is 12.4. The Balaban J connectivity index is 1.80. The molecule has 0 radical (unpaired) electrons. The molecule has 2 nitrogen and oxygen atoms in total. The first-order chi connectivity index (χ1) is 11.0. The summed E-state index contributed by atoms with van der Waals surface area (Å²) in [5, 5.41) is 0. The molecule has 0 aromatic rings. The lowest BCUT2D eigenvalue weighted by molar-refractivity contribution is -0.130. The summed E-state index contributed by atoms with van der Waals surface area (Å²) in [5.41, 5.74) is 0.990. The van der Waals surface area contributed by atoms with Crippen molar-refractivity contribution in [3.8, 4) is 12.3 Å². The van der Waals surface area contributed by atoms with Gasteiger partial charge >= 0.3 is 0 Å². The summed E-state index contributed by atoms with van der Waals surface area (Å²) in [4.78, 5) is 24.3. The highest BCUT2D eigenvalue weighted by atomic mass is 16.1. The molecule has 0 aromatic carbocycles. The number of rotatable bonds is 1. The minimum atomic E-state index is -0.130. The van der Waals surface area contributed by atoms with Gasteiger partial charge in [-0.05, 0) is 55.1 Å². The quantitative estimate of drug-likeness (QED) is 0.689. The van der Waals surface area contributed by atoms with Gasteiger partial charge < -0.3 is 0 Å². The molecule has 5 atom stereocenters. The van der Waals surface area contributed by atoms with E-state index >= 15 is 0 Å². The van der Waals surface area contributed by atoms with Gasteiger partial charge in [0.15, 0.2) is 5.78 Å². The van der Waals surface area contributed by atoms with Gasteiger partial charge in [-0.1, -0.05) is 19.1 Å². The van der Waals surface area contributed by atoms with Gasteiger partial charge in [0.25, 0.3) is 0 Å². The van der Waals surface area contributed by atoms with Crippen molar-refractivity contribution in [3.05, 3.63) is 23.8 Å². The van der Waals surface area contributed by atoms with E-state index in [-0.39, 0.29) is 16.6 Å². The monoisotopic (exact) mass is 308 g/mol. The van der Waals surface area contributed by atoms with Crippen LogP contribution in [0.2, 0.25) is 0 Å². The third-order valence-corrected chi connectivity index (χ3v) is 7.38. The zero-order chi connectivity index (χ0) is 16.2. The minimum absolute atomic E-state index is 0.0327. The summed E-state index contributed by atoms with van der Waals surface area (Å²) in [7, 11) is 0. The zero-order valence-electron chi connectivity index (χ0n) is 13.8. The number of carbonyl (C=O) groups is 2. The molecule has 0 spiro atoms. The Hall–Kier alpha value is -1.62. The van der Waals surface area contributed by atoms with E-state index in [1.807, 2.05) is 6.08 Å². The molecule has 2 heteroatoms. The zero-order valence-corrected chi connectivity index (χ0v) is 13.8. The predicted molar refractivity (Wildman–Crippen MR) is 89.4 cm³/mol. The van der Waals surface area contributed by atoms with Gasteiger partial charge in [0, 0.05) is 30.1 Å². The number of fused-ring (bicyclic) bond motifs is 5. The van der Waals surface area contributed by atoms with Crippen LogP contribution in [0.25, 0.3) is 0 Å². The second-order valence-electron chi connectivity index (χ2n) is 8.17. The van der Waals surface area contributed by atoms with E-state index in [4.69, 9.17) is 6.42 Å². The van der Waals surface area contributed by atoms with E-state index < -0.39 is 0 Å². The van der Waals surface area contributed by atoms with Crippen molar-refractivity contribution >= 4 is 11.6 Å². The van der Waals surface area contributed by atoms with Crippen LogP contribution < -0.4 is 0 Å². The molecule has 2 fully saturated rings. The number of ketones is 2. The van der Waals surface area contributed by atoms with E-state index in [0.717, 1.165) is 44.1 Å². The van der Waals surface area contributed by atoms with E-state index in [9.17, 15) is 9.59 Å². The van der Waals surface area contributed by atoms with Crippen molar-refractivity contribution in [1.82, 2.24) is 0 Å². The maximum absolute atomic E-state index is 12.4. The second kappa shape index (κ2) is 4.94. The highest BCUT2D eigenvalue weighted by Gasteiger charge is 2.58. The average Bonchev–Trinajstić information content (AvgIpc) is 2.84. The first-order valence-corrected chi connectivity index (χ1v) is 8.91. The first kappa shape index (κ1) is 14.9. The van der Waals surface area contributed by atoms with E-state index in [2.05, 4.69) is 25.0 Å². The molecule has 0 aliphatic heterocycles. The van der Waals surface area contributed by atoms with E-state index in [0.29, 0.717) is 30.0 Å². The molecule has 4 rings (SSSR count). The Morgan fingerprint density at radius 2 is 2.04 bits per heavy atom. The molecule has 0 heterocycles. The number of Topliss-reactive ketones (excluding diaryl/α,β-unsaturated/α-hetero) is 1. The highest BCUT2D eigenvalue weighted by molar-refractivity contribution is 5.92. The fraction of sp³-hybridized carbons (Fsp3) is 0.619. The Morgan fingerprint density at radius 1 is 1.22 bits per heavy atom. The number of hydrogen-bond donors (Lipinski definition) is 0. The normalized spacial score (nSPS) is 44.9. The lowest BCUT2D eigenvalue weighted by atomic mass is 9.48. The molecule has 0 unspecified atom stereocenters. The third-order valence-electron chi connectivity index (χ3n) is 7.38. The standard InChI is InChI=1S/C21H24O2/c1-3-10-21-12-8-15(22)13-14(21)4-5-16-17-6-7-19(23)20(17,2)11-9-18(16)21/h1,4-5,13,16-18H,6-12H2,2H3/t16-,17-,18-,20-,21-/m0/s1. The Kier molecular flexibility index (Phi) is 3.21. The molecular weight excluding hydrogens is 284 g/mol. The van der Waals surface area contributed by atoms with Gasteiger partial charge in [0.05, 0.1) is 0 Å². The maximum Gasteiger partial charge on any atom is 0.156 e. The molecule has 0 bridgehead atoms. The van der Waals surface area contributed by atoms with Crippen LogP contribution >= 0.6 is 0 Å². The fourth-order valence-electron chi connectivity index (χ4n) is 6.09. The largest absolute Gasteiger partial charge is 0.299 e. The van der Waals surface area contributed by atoms with Crippen molar-refractivity contribution in [2.24, 2.45) is 28.6 Å². The Morgan fingerprint density at radius 3 is 2.83 bits per heavy atom. The van der Waals surface area contributed by atoms with Crippen molar-refractivity contribution in [2.75, 3.05) is 0 Å². The summed E-state index contributed by atoms with van der Waals surface area (Å²) < 4.78 is 0.